The standard InChI is InChI=1S/C17H26ClN3S/c1-13-9-14(2)12-21(11-13)8-4-7-19-17(22)20-16-6-3-5-15(18)10-16/h3,5-6,10,13-14H,4,7-9,11-12H2,1-2H3,(H2,19,20,22)/t13-,14+. The third-order valence-corrected chi connectivity index (χ3v) is 4.45. The Balaban J connectivity index is 1.63. The second-order valence-electron chi connectivity index (χ2n) is 6.45. The molecule has 1 aliphatic heterocycles. The minimum Gasteiger partial charge on any atom is -0.362 e. The van der Waals surface area contributed by atoms with E-state index in [4.69, 9.17) is 23.8 Å². The fourth-order valence-corrected chi connectivity index (χ4v) is 3.63. The summed E-state index contributed by atoms with van der Waals surface area (Å²) in [6.07, 6.45) is 2.47. The number of thiocarbonyl (C=S) groups is 1. The topological polar surface area (TPSA) is 27.3 Å². The minimum absolute atomic E-state index is 0.655. The normalized spacial score (nSPS) is 22.3. The molecule has 0 spiro atoms. The van der Waals surface area contributed by atoms with Crippen molar-refractivity contribution in [2.75, 3.05) is 31.5 Å². The Bertz CT molecular complexity index is 485. The van der Waals surface area contributed by atoms with Crippen LogP contribution in [-0.4, -0.2) is 36.2 Å². The fraction of sp³-hybridized carbons (Fsp3) is 0.588. The van der Waals surface area contributed by atoms with E-state index in [1.54, 1.807) is 0 Å². The van der Waals surface area contributed by atoms with Gasteiger partial charge in [0.05, 0.1) is 0 Å². The largest absolute Gasteiger partial charge is 0.362 e. The van der Waals surface area contributed by atoms with Crippen molar-refractivity contribution in [2.24, 2.45) is 11.8 Å². The van der Waals surface area contributed by atoms with Crippen molar-refractivity contribution < 1.29 is 0 Å². The van der Waals surface area contributed by atoms with E-state index in [0.717, 1.165) is 37.0 Å². The highest BCUT2D eigenvalue weighted by Crippen LogP contribution is 2.20. The zero-order chi connectivity index (χ0) is 15.9. The van der Waals surface area contributed by atoms with E-state index in [9.17, 15) is 0 Å². The second-order valence-corrected chi connectivity index (χ2v) is 7.30. The number of nitrogens with one attached hydrogen (secondary N) is 2. The molecule has 1 saturated heterocycles. The Hall–Kier alpha value is -0.840. The Labute approximate surface area is 144 Å². The Kier molecular flexibility index (Phi) is 6.93. The van der Waals surface area contributed by atoms with E-state index >= 15 is 0 Å². The summed E-state index contributed by atoms with van der Waals surface area (Å²) >= 11 is 11.3. The van der Waals surface area contributed by atoms with Gasteiger partial charge in [-0.05, 0) is 61.6 Å². The van der Waals surface area contributed by atoms with Crippen molar-refractivity contribution in [3.05, 3.63) is 29.3 Å². The SMILES string of the molecule is C[C@@H]1C[C@H](C)CN(CCCNC(=S)Nc2cccc(Cl)c2)C1. The lowest BCUT2D eigenvalue weighted by molar-refractivity contribution is 0.140. The monoisotopic (exact) mass is 339 g/mol. The summed E-state index contributed by atoms with van der Waals surface area (Å²) in [6.45, 7) is 9.20. The van der Waals surface area contributed by atoms with Crippen LogP contribution >= 0.6 is 23.8 Å². The molecular weight excluding hydrogens is 314 g/mol. The summed E-state index contributed by atoms with van der Waals surface area (Å²) in [5.74, 6) is 1.64. The molecule has 1 fully saturated rings. The summed E-state index contributed by atoms with van der Waals surface area (Å²) in [4.78, 5) is 2.58. The summed E-state index contributed by atoms with van der Waals surface area (Å²) in [5.41, 5.74) is 0.920. The smallest absolute Gasteiger partial charge is 0.170 e. The predicted molar refractivity (Wildman–Crippen MR) is 99.7 cm³/mol. The molecular formula is C17H26ClN3S. The zero-order valence-electron chi connectivity index (χ0n) is 13.4. The van der Waals surface area contributed by atoms with Crippen LogP contribution in [-0.2, 0) is 0 Å². The average Bonchev–Trinajstić information content (AvgIpc) is 2.42. The first-order valence-electron chi connectivity index (χ1n) is 8.05. The lowest BCUT2D eigenvalue weighted by Gasteiger charge is -2.34. The molecule has 0 amide bonds. The molecule has 0 unspecified atom stereocenters. The van der Waals surface area contributed by atoms with Gasteiger partial charge in [0.25, 0.3) is 0 Å². The van der Waals surface area contributed by atoms with Gasteiger partial charge in [0, 0.05) is 30.3 Å². The molecule has 0 bridgehead atoms. The highest BCUT2D eigenvalue weighted by molar-refractivity contribution is 7.80. The number of piperidine rings is 1. The van der Waals surface area contributed by atoms with Crippen molar-refractivity contribution in [1.82, 2.24) is 10.2 Å². The van der Waals surface area contributed by atoms with Crippen LogP contribution in [0.15, 0.2) is 24.3 Å². The van der Waals surface area contributed by atoms with Crippen LogP contribution in [0.3, 0.4) is 0 Å². The summed E-state index contributed by atoms with van der Waals surface area (Å²) in [6, 6.07) is 7.58. The predicted octanol–water partition coefficient (Wildman–Crippen LogP) is 3.99. The van der Waals surface area contributed by atoms with Crippen molar-refractivity contribution in [3.8, 4) is 0 Å². The summed E-state index contributed by atoms with van der Waals surface area (Å²) in [7, 11) is 0. The highest BCUT2D eigenvalue weighted by atomic mass is 35.5. The maximum Gasteiger partial charge on any atom is 0.170 e. The molecule has 2 rings (SSSR count). The van der Waals surface area contributed by atoms with Crippen LogP contribution in [0.4, 0.5) is 5.69 Å². The molecule has 2 N–H and O–H groups in total. The first-order chi connectivity index (χ1) is 10.5. The van der Waals surface area contributed by atoms with Crippen LogP contribution in [0.25, 0.3) is 0 Å². The first-order valence-corrected chi connectivity index (χ1v) is 8.84. The highest BCUT2D eigenvalue weighted by Gasteiger charge is 2.20. The summed E-state index contributed by atoms with van der Waals surface area (Å²) < 4.78 is 0. The van der Waals surface area contributed by atoms with Gasteiger partial charge in [-0.15, -0.1) is 0 Å². The second kappa shape index (κ2) is 8.70. The van der Waals surface area contributed by atoms with Gasteiger partial charge in [0.2, 0.25) is 0 Å². The van der Waals surface area contributed by atoms with Gasteiger partial charge in [-0.1, -0.05) is 31.5 Å². The van der Waals surface area contributed by atoms with Crippen molar-refractivity contribution in [1.29, 1.82) is 0 Å². The lowest BCUT2D eigenvalue weighted by atomic mass is 9.92. The molecule has 0 aliphatic carbocycles. The molecule has 3 nitrogen and oxygen atoms in total. The van der Waals surface area contributed by atoms with E-state index in [-0.39, 0.29) is 0 Å². The van der Waals surface area contributed by atoms with E-state index < -0.39 is 0 Å². The third-order valence-electron chi connectivity index (χ3n) is 3.96. The van der Waals surface area contributed by atoms with Gasteiger partial charge in [0.15, 0.2) is 5.11 Å². The van der Waals surface area contributed by atoms with Crippen molar-refractivity contribution in [3.63, 3.8) is 0 Å². The van der Waals surface area contributed by atoms with Crippen LogP contribution in [0.2, 0.25) is 5.02 Å². The maximum absolute atomic E-state index is 5.96. The molecule has 0 saturated carbocycles. The van der Waals surface area contributed by atoms with Crippen LogP contribution in [0.1, 0.15) is 26.7 Å². The minimum atomic E-state index is 0.655. The number of benzene rings is 1. The van der Waals surface area contributed by atoms with Gasteiger partial charge in [-0.2, -0.15) is 0 Å². The number of nitrogens with zero attached hydrogens (tertiary/aromatic N) is 1. The number of anilines is 1. The number of rotatable bonds is 5. The molecule has 1 aliphatic rings. The third kappa shape index (κ3) is 6.11. The van der Waals surface area contributed by atoms with Gasteiger partial charge in [-0.3, -0.25) is 0 Å². The van der Waals surface area contributed by atoms with Gasteiger partial charge < -0.3 is 15.5 Å². The quantitative estimate of drug-likeness (QED) is 0.626. The molecule has 22 heavy (non-hydrogen) atoms. The number of halogens is 1. The fourth-order valence-electron chi connectivity index (χ4n) is 3.22. The molecule has 0 radical (unpaired) electrons. The number of hydrogen-bond donors (Lipinski definition) is 2. The van der Waals surface area contributed by atoms with Gasteiger partial charge in [-0.25, -0.2) is 0 Å². The molecule has 122 valence electrons. The molecule has 1 aromatic rings. The van der Waals surface area contributed by atoms with Crippen LogP contribution in [0.5, 0.6) is 0 Å². The number of likely N-dealkylation sites (tertiary alicyclic amines) is 1. The molecule has 0 aromatic heterocycles. The average molecular weight is 340 g/mol. The zero-order valence-corrected chi connectivity index (χ0v) is 15.0. The van der Waals surface area contributed by atoms with E-state index in [1.807, 2.05) is 24.3 Å². The van der Waals surface area contributed by atoms with Gasteiger partial charge >= 0.3 is 0 Å². The Morgan fingerprint density at radius 3 is 2.73 bits per heavy atom. The molecule has 1 aromatic carbocycles. The maximum atomic E-state index is 5.96. The van der Waals surface area contributed by atoms with Crippen LogP contribution < -0.4 is 10.6 Å². The molecule has 2 atom stereocenters. The lowest BCUT2D eigenvalue weighted by Crippen LogP contribution is -2.40. The Morgan fingerprint density at radius 1 is 1.32 bits per heavy atom. The van der Waals surface area contributed by atoms with Crippen molar-refractivity contribution in [2.45, 2.75) is 26.7 Å². The summed E-state index contributed by atoms with van der Waals surface area (Å²) in [5, 5.41) is 7.79. The molecule has 1 heterocycles. The number of hydrogen-bond acceptors (Lipinski definition) is 2. The van der Waals surface area contributed by atoms with E-state index in [1.165, 1.54) is 19.5 Å². The van der Waals surface area contributed by atoms with Crippen molar-refractivity contribution >= 4 is 34.6 Å². The van der Waals surface area contributed by atoms with E-state index in [2.05, 4.69) is 29.4 Å². The van der Waals surface area contributed by atoms with Gasteiger partial charge in [0.1, 0.15) is 0 Å². The molecule has 5 heteroatoms. The van der Waals surface area contributed by atoms with E-state index in [0.29, 0.717) is 10.1 Å². The first kappa shape index (κ1) is 17.5. The Morgan fingerprint density at radius 2 is 2.05 bits per heavy atom. The van der Waals surface area contributed by atoms with Crippen LogP contribution in [0, 0.1) is 11.8 Å².